The molecule has 0 aromatic heterocycles. The third-order valence-electron chi connectivity index (χ3n) is 6.89. The molecule has 11 heteroatoms. The van der Waals surface area contributed by atoms with Crippen molar-refractivity contribution in [2.75, 3.05) is 25.6 Å². The SMILES string of the molecule is CCOc1cc([C@@H](CCN(C(=O)O)C(=O)OC(C)(C)C)N2Cc3cccc(NC(=O)C4CC4)c3C2=O)ccc1OC. The van der Waals surface area contributed by atoms with Gasteiger partial charge in [-0.1, -0.05) is 18.2 Å². The maximum absolute atomic E-state index is 13.9. The monoisotopic (exact) mass is 567 g/mol. The highest BCUT2D eigenvalue weighted by molar-refractivity contribution is 6.07. The zero-order chi connectivity index (χ0) is 29.9. The van der Waals surface area contributed by atoms with E-state index in [-0.39, 0.29) is 37.2 Å². The first-order valence-electron chi connectivity index (χ1n) is 13.7. The number of amides is 4. The molecule has 1 atom stereocenters. The van der Waals surface area contributed by atoms with E-state index in [4.69, 9.17) is 14.2 Å². The fourth-order valence-corrected chi connectivity index (χ4v) is 4.82. The second-order valence-corrected chi connectivity index (χ2v) is 11.1. The number of imide groups is 1. The first kappa shape index (κ1) is 29.7. The number of rotatable bonds is 10. The number of nitrogens with zero attached hydrogens (tertiary/aromatic N) is 2. The van der Waals surface area contributed by atoms with Gasteiger partial charge in [0.2, 0.25) is 5.91 Å². The van der Waals surface area contributed by atoms with Crippen LogP contribution in [0.1, 0.15) is 74.5 Å². The van der Waals surface area contributed by atoms with Gasteiger partial charge in [-0.25, -0.2) is 14.5 Å². The van der Waals surface area contributed by atoms with Gasteiger partial charge in [0.15, 0.2) is 11.5 Å². The number of ether oxygens (including phenoxy) is 3. The number of methoxy groups -OCH3 is 1. The van der Waals surface area contributed by atoms with Gasteiger partial charge in [0.25, 0.3) is 5.91 Å². The summed E-state index contributed by atoms with van der Waals surface area (Å²) in [7, 11) is 1.53. The van der Waals surface area contributed by atoms with E-state index in [1.165, 1.54) is 7.11 Å². The molecule has 11 nitrogen and oxygen atoms in total. The van der Waals surface area contributed by atoms with Crippen LogP contribution in [0.2, 0.25) is 0 Å². The molecular formula is C30H37N3O8. The van der Waals surface area contributed by atoms with E-state index in [1.807, 2.05) is 13.0 Å². The van der Waals surface area contributed by atoms with Crippen LogP contribution in [-0.2, 0) is 16.1 Å². The maximum Gasteiger partial charge on any atom is 0.419 e. The minimum absolute atomic E-state index is 0.0302. The molecule has 1 saturated carbocycles. The molecule has 2 aromatic carbocycles. The fraction of sp³-hybridized carbons (Fsp3) is 0.467. The van der Waals surface area contributed by atoms with Gasteiger partial charge in [0.1, 0.15) is 5.60 Å². The third kappa shape index (κ3) is 6.90. The van der Waals surface area contributed by atoms with Crippen LogP contribution in [0.5, 0.6) is 11.5 Å². The van der Waals surface area contributed by atoms with Crippen LogP contribution in [0.15, 0.2) is 36.4 Å². The zero-order valence-electron chi connectivity index (χ0n) is 24.1. The quantitative estimate of drug-likeness (QED) is 0.387. The Kier molecular flexibility index (Phi) is 8.74. The summed E-state index contributed by atoms with van der Waals surface area (Å²) < 4.78 is 16.5. The average Bonchev–Trinajstić information content (AvgIpc) is 3.70. The minimum atomic E-state index is -1.45. The molecule has 0 radical (unpaired) electrons. The summed E-state index contributed by atoms with van der Waals surface area (Å²) in [5.41, 5.74) is 1.40. The van der Waals surface area contributed by atoms with Crippen molar-refractivity contribution in [1.82, 2.24) is 9.80 Å². The first-order valence-corrected chi connectivity index (χ1v) is 13.7. The molecule has 1 aliphatic carbocycles. The van der Waals surface area contributed by atoms with Crippen molar-refractivity contribution in [2.24, 2.45) is 5.92 Å². The molecule has 0 saturated heterocycles. The smallest absolute Gasteiger partial charge is 0.419 e. The van der Waals surface area contributed by atoms with Crippen LogP contribution in [0.3, 0.4) is 0 Å². The Morgan fingerprint density at radius 3 is 2.49 bits per heavy atom. The molecular weight excluding hydrogens is 530 g/mol. The van der Waals surface area contributed by atoms with Gasteiger partial charge in [-0.3, -0.25) is 9.59 Å². The van der Waals surface area contributed by atoms with E-state index in [1.54, 1.807) is 56.0 Å². The Morgan fingerprint density at radius 1 is 1.15 bits per heavy atom. The second kappa shape index (κ2) is 12.1. The van der Waals surface area contributed by atoms with Crippen molar-refractivity contribution >= 4 is 29.7 Å². The number of anilines is 1. The molecule has 4 rings (SSSR count). The highest BCUT2D eigenvalue weighted by Gasteiger charge is 2.38. The molecule has 220 valence electrons. The van der Waals surface area contributed by atoms with Crippen molar-refractivity contribution in [3.8, 4) is 11.5 Å². The summed E-state index contributed by atoms with van der Waals surface area (Å²) in [6, 6.07) is 9.98. The molecule has 4 amide bonds. The summed E-state index contributed by atoms with van der Waals surface area (Å²) in [4.78, 5) is 53.4. The van der Waals surface area contributed by atoms with Crippen LogP contribution < -0.4 is 14.8 Å². The van der Waals surface area contributed by atoms with E-state index in [0.717, 1.165) is 18.4 Å². The minimum Gasteiger partial charge on any atom is -0.493 e. The largest absolute Gasteiger partial charge is 0.493 e. The molecule has 2 aromatic rings. The summed E-state index contributed by atoms with van der Waals surface area (Å²) in [6.07, 6.45) is -0.688. The number of nitrogens with one attached hydrogen (secondary N) is 1. The van der Waals surface area contributed by atoms with Crippen LogP contribution in [0.25, 0.3) is 0 Å². The topological polar surface area (TPSA) is 135 Å². The number of fused-ring (bicyclic) bond motifs is 1. The molecule has 1 heterocycles. The Balaban J connectivity index is 1.67. The lowest BCUT2D eigenvalue weighted by atomic mass is 10.0. The molecule has 0 unspecified atom stereocenters. The van der Waals surface area contributed by atoms with E-state index in [0.29, 0.717) is 39.8 Å². The van der Waals surface area contributed by atoms with Crippen molar-refractivity contribution in [3.05, 3.63) is 53.1 Å². The highest BCUT2D eigenvalue weighted by Crippen LogP contribution is 2.40. The molecule has 41 heavy (non-hydrogen) atoms. The molecule has 1 fully saturated rings. The standard InChI is InChI=1S/C30H37N3O8/c1-6-40-24-16-19(12-13-23(24)39-5)22(14-15-32(28(36)37)29(38)41-30(2,3)4)33-17-20-8-7-9-21(25(20)27(33)35)31-26(34)18-10-11-18/h7-9,12-13,16,18,22H,6,10-11,14-15,17H2,1-5H3,(H,31,34)(H,36,37)/t22-/m1/s1. The molecule has 2 N–H and O–H groups in total. The Bertz CT molecular complexity index is 1330. The van der Waals surface area contributed by atoms with Gasteiger partial charge in [0, 0.05) is 19.0 Å². The van der Waals surface area contributed by atoms with Crippen LogP contribution in [-0.4, -0.2) is 64.8 Å². The summed E-state index contributed by atoms with van der Waals surface area (Å²) in [5, 5.41) is 12.7. The predicted octanol–water partition coefficient (Wildman–Crippen LogP) is 5.44. The summed E-state index contributed by atoms with van der Waals surface area (Å²) in [5.74, 6) is 0.548. The van der Waals surface area contributed by atoms with Gasteiger partial charge < -0.3 is 29.5 Å². The van der Waals surface area contributed by atoms with Gasteiger partial charge >= 0.3 is 12.2 Å². The van der Waals surface area contributed by atoms with Crippen molar-refractivity contribution < 1.29 is 38.5 Å². The van der Waals surface area contributed by atoms with Crippen LogP contribution in [0, 0.1) is 5.92 Å². The second-order valence-electron chi connectivity index (χ2n) is 11.1. The van der Waals surface area contributed by atoms with Crippen molar-refractivity contribution in [2.45, 2.75) is 65.1 Å². The number of hydrogen-bond acceptors (Lipinski definition) is 7. The highest BCUT2D eigenvalue weighted by atomic mass is 16.6. The normalized spacial score (nSPS) is 15.1. The van der Waals surface area contributed by atoms with Crippen LogP contribution >= 0.6 is 0 Å². The van der Waals surface area contributed by atoms with Crippen molar-refractivity contribution in [3.63, 3.8) is 0 Å². The van der Waals surface area contributed by atoms with Gasteiger partial charge in [-0.2, -0.15) is 0 Å². The lowest BCUT2D eigenvalue weighted by Crippen LogP contribution is -2.42. The average molecular weight is 568 g/mol. The Labute approximate surface area is 239 Å². The molecule has 0 bridgehead atoms. The van der Waals surface area contributed by atoms with E-state index in [9.17, 15) is 24.3 Å². The summed E-state index contributed by atoms with van der Waals surface area (Å²) in [6.45, 7) is 7.19. The number of benzene rings is 2. The van der Waals surface area contributed by atoms with Gasteiger partial charge in [-0.05, 0) is 76.3 Å². The molecule has 1 aliphatic heterocycles. The number of carbonyl (C=O) groups is 4. The lowest BCUT2D eigenvalue weighted by molar-refractivity contribution is -0.117. The third-order valence-corrected chi connectivity index (χ3v) is 6.89. The number of carboxylic acid groups (broad SMARTS) is 1. The van der Waals surface area contributed by atoms with E-state index in [2.05, 4.69) is 5.32 Å². The van der Waals surface area contributed by atoms with E-state index >= 15 is 0 Å². The zero-order valence-corrected chi connectivity index (χ0v) is 24.1. The van der Waals surface area contributed by atoms with Crippen LogP contribution in [0.4, 0.5) is 15.3 Å². The molecule has 2 aliphatic rings. The Morgan fingerprint density at radius 2 is 1.88 bits per heavy atom. The number of hydrogen-bond donors (Lipinski definition) is 2. The maximum atomic E-state index is 13.9. The fourth-order valence-electron chi connectivity index (χ4n) is 4.82. The van der Waals surface area contributed by atoms with E-state index < -0.39 is 23.8 Å². The number of carbonyl (C=O) groups excluding carboxylic acids is 3. The van der Waals surface area contributed by atoms with Crippen molar-refractivity contribution in [1.29, 1.82) is 0 Å². The first-order chi connectivity index (χ1) is 19.4. The summed E-state index contributed by atoms with van der Waals surface area (Å²) >= 11 is 0. The molecule has 0 spiro atoms. The van der Waals surface area contributed by atoms with Gasteiger partial charge in [-0.15, -0.1) is 0 Å². The Hall–Kier alpha value is -4.28. The predicted molar refractivity (Wildman–Crippen MR) is 150 cm³/mol. The lowest BCUT2D eigenvalue weighted by Gasteiger charge is -2.31. The van der Waals surface area contributed by atoms with Gasteiger partial charge in [0.05, 0.1) is 31.0 Å².